The zero-order valence-corrected chi connectivity index (χ0v) is 17.0. The lowest BCUT2D eigenvalue weighted by Crippen LogP contribution is -2.55. The number of halogens is 1. The zero-order chi connectivity index (χ0) is 18.8. The molecule has 0 unspecified atom stereocenters. The molecule has 148 valence electrons. The second kappa shape index (κ2) is 8.40. The number of ether oxygens (including phenoxy) is 1. The highest BCUT2D eigenvalue weighted by Crippen LogP contribution is 2.49. The van der Waals surface area contributed by atoms with Crippen LogP contribution in [0.4, 0.5) is 10.5 Å². The van der Waals surface area contributed by atoms with Crippen molar-refractivity contribution in [1.82, 2.24) is 4.90 Å². The Morgan fingerprint density at radius 2 is 2.22 bits per heavy atom. The van der Waals surface area contributed by atoms with Crippen molar-refractivity contribution in [2.75, 3.05) is 11.9 Å². The van der Waals surface area contributed by atoms with E-state index in [0.717, 1.165) is 6.42 Å². The van der Waals surface area contributed by atoms with Gasteiger partial charge in [-0.05, 0) is 62.8 Å². The van der Waals surface area contributed by atoms with Crippen molar-refractivity contribution in [2.45, 2.75) is 76.5 Å². The first-order chi connectivity index (χ1) is 13.2. The predicted octanol–water partition coefficient (Wildman–Crippen LogP) is 5.71. The van der Waals surface area contributed by atoms with E-state index in [2.05, 4.69) is 17.1 Å². The Kier molecular flexibility index (Phi) is 5.93. The molecule has 2 aliphatic heterocycles. The van der Waals surface area contributed by atoms with Crippen molar-refractivity contribution in [1.29, 1.82) is 0 Å². The second-order valence-electron chi connectivity index (χ2n) is 8.48. The molecule has 5 atom stereocenters. The number of unbranched alkanes of at least 4 members (excludes halogenated alkanes) is 1. The van der Waals surface area contributed by atoms with Gasteiger partial charge in [0.25, 0.3) is 0 Å². The van der Waals surface area contributed by atoms with Gasteiger partial charge in [0.05, 0.1) is 0 Å². The largest absolute Gasteiger partial charge is 0.446 e. The number of rotatable bonds is 5. The van der Waals surface area contributed by atoms with E-state index < -0.39 is 0 Å². The minimum Gasteiger partial charge on any atom is -0.446 e. The van der Waals surface area contributed by atoms with E-state index in [0.29, 0.717) is 34.6 Å². The van der Waals surface area contributed by atoms with Crippen molar-refractivity contribution in [3.05, 3.63) is 29.3 Å². The van der Waals surface area contributed by atoms with Crippen LogP contribution in [0, 0.1) is 11.8 Å². The van der Waals surface area contributed by atoms with E-state index in [4.69, 9.17) is 16.3 Å². The Morgan fingerprint density at radius 3 is 3.04 bits per heavy atom. The summed E-state index contributed by atoms with van der Waals surface area (Å²) in [5.74, 6) is 1.18. The summed E-state index contributed by atoms with van der Waals surface area (Å²) in [6, 6.07) is 8.51. The fourth-order valence-corrected chi connectivity index (χ4v) is 5.90. The molecular formula is C22H31ClN2O2. The van der Waals surface area contributed by atoms with Crippen molar-refractivity contribution >= 4 is 23.4 Å². The van der Waals surface area contributed by atoms with Gasteiger partial charge in [-0.25, -0.2) is 4.79 Å². The maximum Gasteiger partial charge on any atom is 0.411 e. The van der Waals surface area contributed by atoms with Crippen LogP contribution in [0.15, 0.2) is 24.3 Å². The average Bonchev–Trinajstić information content (AvgIpc) is 3.01. The highest BCUT2D eigenvalue weighted by atomic mass is 35.5. The lowest BCUT2D eigenvalue weighted by Gasteiger charge is -2.49. The summed E-state index contributed by atoms with van der Waals surface area (Å²) < 4.78 is 5.95. The van der Waals surface area contributed by atoms with Crippen LogP contribution in [0.3, 0.4) is 0 Å². The number of carbonyl (C=O) groups is 1. The molecule has 1 saturated carbocycles. The van der Waals surface area contributed by atoms with Gasteiger partial charge >= 0.3 is 6.09 Å². The second-order valence-corrected chi connectivity index (χ2v) is 8.92. The van der Waals surface area contributed by atoms with E-state index in [-0.39, 0.29) is 12.2 Å². The van der Waals surface area contributed by atoms with Gasteiger partial charge < -0.3 is 4.74 Å². The summed E-state index contributed by atoms with van der Waals surface area (Å²) in [7, 11) is 0. The minimum atomic E-state index is -0.345. The third-order valence-corrected chi connectivity index (χ3v) is 7.06. The van der Waals surface area contributed by atoms with E-state index in [9.17, 15) is 4.79 Å². The van der Waals surface area contributed by atoms with Gasteiger partial charge in [0.2, 0.25) is 0 Å². The minimum absolute atomic E-state index is 0.0476. The van der Waals surface area contributed by atoms with E-state index in [1.807, 2.05) is 12.1 Å². The quantitative estimate of drug-likeness (QED) is 0.700. The monoisotopic (exact) mass is 390 g/mol. The zero-order valence-electron chi connectivity index (χ0n) is 16.2. The number of nitrogens with one attached hydrogen (secondary N) is 1. The molecule has 4 rings (SSSR count). The normalized spacial score (nSPS) is 32.7. The van der Waals surface area contributed by atoms with Crippen LogP contribution in [-0.4, -0.2) is 35.7 Å². The summed E-state index contributed by atoms with van der Waals surface area (Å²) in [5.41, 5.74) is 0.689. The molecule has 1 aromatic rings. The number of hydrogen-bond acceptors (Lipinski definition) is 3. The van der Waals surface area contributed by atoms with Crippen molar-refractivity contribution in [3.63, 3.8) is 0 Å². The summed E-state index contributed by atoms with van der Waals surface area (Å²) >= 11 is 6.01. The van der Waals surface area contributed by atoms with E-state index >= 15 is 0 Å². The third kappa shape index (κ3) is 4.12. The van der Waals surface area contributed by atoms with Crippen LogP contribution in [-0.2, 0) is 4.74 Å². The lowest BCUT2D eigenvalue weighted by molar-refractivity contribution is -0.0177. The number of nitrogens with zero attached hydrogens (tertiary/aromatic N) is 1. The molecule has 0 spiro atoms. The molecule has 3 fully saturated rings. The maximum atomic E-state index is 12.5. The average molecular weight is 391 g/mol. The molecule has 1 aromatic carbocycles. The topological polar surface area (TPSA) is 41.6 Å². The molecule has 0 aromatic heterocycles. The molecule has 1 N–H and O–H groups in total. The Morgan fingerprint density at radius 1 is 1.33 bits per heavy atom. The van der Waals surface area contributed by atoms with Gasteiger partial charge in [0.1, 0.15) is 6.10 Å². The fraction of sp³-hybridized carbons (Fsp3) is 0.682. The molecule has 3 aliphatic rings. The smallest absolute Gasteiger partial charge is 0.411 e. The number of anilines is 1. The van der Waals surface area contributed by atoms with Gasteiger partial charge in [-0.2, -0.15) is 0 Å². The van der Waals surface area contributed by atoms with E-state index in [1.165, 1.54) is 51.5 Å². The predicted molar refractivity (Wildman–Crippen MR) is 109 cm³/mol. The molecule has 0 radical (unpaired) electrons. The van der Waals surface area contributed by atoms with Gasteiger partial charge in [0.15, 0.2) is 0 Å². The Bertz CT molecular complexity index is 667. The number of carbonyl (C=O) groups excluding carboxylic acids is 1. The number of amides is 1. The standard InChI is InChI=1S/C22H31ClN2O2/c1-2-3-9-19-15-12-18(20-10-4-5-11-25(19)20)21(13-15)27-22(26)24-17-8-6-7-16(23)14-17/h6-8,14-15,18-21H,2-5,9-13H2,1H3,(H,24,26)/t15-,18-,19+,20-,21-/m1/s1. The van der Waals surface area contributed by atoms with Crippen LogP contribution >= 0.6 is 11.6 Å². The maximum absolute atomic E-state index is 12.5. The van der Waals surface area contributed by atoms with Crippen LogP contribution in [0.2, 0.25) is 5.02 Å². The first-order valence-electron chi connectivity index (χ1n) is 10.6. The Labute approximate surface area is 167 Å². The summed E-state index contributed by atoms with van der Waals surface area (Å²) in [4.78, 5) is 15.3. The first-order valence-corrected chi connectivity index (χ1v) is 11.0. The Hall–Kier alpha value is -1.26. The fourth-order valence-electron chi connectivity index (χ4n) is 5.71. The highest BCUT2D eigenvalue weighted by Gasteiger charge is 2.52. The van der Waals surface area contributed by atoms with Gasteiger partial charge in [-0.15, -0.1) is 0 Å². The summed E-state index contributed by atoms with van der Waals surface area (Å²) in [6.45, 7) is 3.51. The number of piperidine rings is 2. The number of hydrogen-bond donors (Lipinski definition) is 1. The SMILES string of the molecule is CCCC[C@H]1[C@@H]2C[C@H]([C@H]3CCCCN31)[C@H](OC(=O)Nc1cccc(Cl)c1)C2. The van der Waals surface area contributed by atoms with Gasteiger partial charge in [-0.1, -0.05) is 43.9 Å². The van der Waals surface area contributed by atoms with Gasteiger partial charge in [-0.3, -0.25) is 10.2 Å². The number of fused-ring (bicyclic) bond motifs is 4. The molecule has 1 aliphatic carbocycles. The molecular weight excluding hydrogens is 360 g/mol. The van der Waals surface area contributed by atoms with Crippen LogP contribution in [0.1, 0.15) is 58.3 Å². The summed E-state index contributed by atoms with van der Waals surface area (Å²) in [5, 5.41) is 3.46. The molecule has 2 saturated heterocycles. The molecule has 2 heterocycles. The highest BCUT2D eigenvalue weighted by molar-refractivity contribution is 6.30. The Balaban J connectivity index is 1.43. The van der Waals surface area contributed by atoms with Crippen molar-refractivity contribution in [3.8, 4) is 0 Å². The van der Waals surface area contributed by atoms with Gasteiger partial charge in [0, 0.05) is 28.7 Å². The summed E-state index contributed by atoms with van der Waals surface area (Å²) in [6.07, 6.45) is 9.70. The van der Waals surface area contributed by atoms with Crippen LogP contribution in [0.25, 0.3) is 0 Å². The van der Waals surface area contributed by atoms with Crippen molar-refractivity contribution < 1.29 is 9.53 Å². The first kappa shape index (κ1) is 19.1. The third-order valence-electron chi connectivity index (χ3n) is 6.83. The van der Waals surface area contributed by atoms with Crippen LogP contribution in [0.5, 0.6) is 0 Å². The molecule has 27 heavy (non-hydrogen) atoms. The molecule has 2 bridgehead atoms. The molecule has 4 nitrogen and oxygen atoms in total. The number of benzene rings is 1. The van der Waals surface area contributed by atoms with E-state index in [1.54, 1.807) is 12.1 Å². The molecule has 5 heteroatoms. The van der Waals surface area contributed by atoms with Crippen LogP contribution < -0.4 is 5.32 Å². The lowest BCUT2D eigenvalue weighted by atomic mass is 9.79. The molecule has 1 amide bonds. The van der Waals surface area contributed by atoms with Crippen molar-refractivity contribution in [2.24, 2.45) is 11.8 Å².